The number of amides is 1. The van der Waals surface area contributed by atoms with E-state index in [0.29, 0.717) is 22.4 Å². The van der Waals surface area contributed by atoms with Gasteiger partial charge in [0.1, 0.15) is 5.82 Å². The van der Waals surface area contributed by atoms with E-state index in [0.717, 1.165) is 31.2 Å². The van der Waals surface area contributed by atoms with Crippen LogP contribution in [0.25, 0.3) is 0 Å². The maximum Gasteiger partial charge on any atom is 0.228 e. The number of hydrogen-bond acceptors (Lipinski definition) is 3. The van der Waals surface area contributed by atoms with Crippen LogP contribution in [0.4, 0.5) is 5.82 Å². The predicted molar refractivity (Wildman–Crippen MR) is 96.4 cm³/mol. The number of aromatic nitrogens is 2. The zero-order valence-corrected chi connectivity index (χ0v) is 14.7. The van der Waals surface area contributed by atoms with Crippen LogP contribution in [-0.2, 0) is 11.3 Å². The van der Waals surface area contributed by atoms with Crippen LogP contribution in [0.2, 0.25) is 10.0 Å². The number of benzene rings is 1. The summed E-state index contributed by atoms with van der Waals surface area (Å²) < 4.78 is 1.72. The number of halogens is 2. The van der Waals surface area contributed by atoms with E-state index in [9.17, 15) is 4.79 Å². The van der Waals surface area contributed by atoms with E-state index in [1.165, 1.54) is 0 Å². The zero-order valence-electron chi connectivity index (χ0n) is 13.2. The Morgan fingerprint density at radius 3 is 2.92 bits per heavy atom. The number of carbonyl (C=O) groups is 1. The van der Waals surface area contributed by atoms with Crippen LogP contribution in [0, 0.1) is 5.92 Å². The molecule has 7 heteroatoms. The predicted octanol–water partition coefficient (Wildman–Crippen LogP) is 3.69. The molecule has 2 atom stereocenters. The molecule has 1 heterocycles. The fraction of sp³-hybridized carbons (Fsp3) is 0.412. The number of nitrogens with two attached hydrogens (primary N) is 1. The van der Waals surface area contributed by atoms with E-state index in [4.69, 9.17) is 28.9 Å². The standard InChI is InChI=1S/C17H20Cl2N4O/c18-13-5-4-12(15(19)9-13)10-23-16(6-7-21-23)22-17(24)11-2-1-3-14(20)8-11/h4-7,9,11,14H,1-3,8,10,20H2,(H,22,24). The molecular formula is C17H20Cl2N4O. The number of carbonyl (C=O) groups excluding carboxylic acids is 1. The van der Waals surface area contributed by atoms with Crippen LogP contribution in [0.3, 0.4) is 0 Å². The highest BCUT2D eigenvalue weighted by atomic mass is 35.5. The molecule has 1 saturated carbocycles. The number of hydrogen-bond donors (Lipinski definition) is 2. The van der Waals surface area contributed by atoms with Gasteiger partial charge in [-0.05, 0) is 37.0 Å². The lowest BCUT2D eigenvalue weighted by Gasteiger charge is -2.25. The summed E-state index contributed by atoms with van der Waals surface area (Å²) in [7, 11) is 0. The molecule has 1 aliphatic carbocycles. The topological polar surface area (TPSA) is 72.9 Å². The van der Waals surface area contributed by atoms with Crippen molar-refractivity contribution in [2.24, 2.45) is 11.7 Å². The third kappa shape index (κ3) is 4.09. The third-order valence-electron chi connectivity index (χ3n) is 4.39. The second kappa shape index (κ2) is 7.55. The molecule has 2 aromatic rings. The van der Waals surface area contributed by atoms with E-state index >= 15 is 0 Å². The summed E-state index contributed by atoms with van der Waals surface area (Å²) in [6.45, 7) is 0.461. The number of nitrogens with zero attached hydrogens (tertiary/aromatic N) is 2. The fourth-order valence-electron chi connectivity index (χ4n) is 3.07. The van der Waals surface area contributed by atoms with Crippen molar-refractivity contribution in [3.05, 3.63) is 46.1 Å². The molecule has 128 valence electrons. The van der Waals surface area contributed by atoms with Gasteiger partial charge < -0.3 is 11.1 Å². The van der Waals surface area contributed by atoms with Gasteiger partial charge >= 0.3 is 0 Å². The first-order chi connectivity index (χ1) is 11.5. The molecule has 3 N–H and O–H groups in total. The molecule has 1 aromatic heterocycles. The van der Waals surface area contributed by atoms with Gasteiger partial charge in [-0.15, -0.1) is 0 Å². The Labute approximate surface area is 151 Å². The van der Waals surface area contributed by atoms with Gasteiger partial charge in [0.05, 0.1) is 12.7 Å². The number of anilines is 1. The van der Waals surface area contributed by atoms with Crippen LogP contribution in [-0.4, -0.2) is 21.7 Å². The van der Waals surface area contributed by atoms with Crippen molar-refractivity contribution in [2.45, 2.75) is 38.3 Å². The highest BCUT2D eigenvalue weighted by Gasteiger charge is 2.26. The molecule has 0 radical (unpaired) electrons. The van der Waals surface area contributed by atoms with E-state index in [1.807, 2.05) is 6.07 Å². The maximum absolute atomic E-state index is 12.5. The van der Waals surface area contributed by atoms with Gasteiger partial charge in [-0.1, -0.05) is 35.7 Å². The molecule has 5 nitrogen and oxygen atoms in total. The van der Waals surface area contributed by atoms with Crippen LogP contribution < -0.4 is 11.1 Å². The molecule has 2 unspecified atom stereocenters. The van der Waals surface area contributed by atoms with Crippen molar-refractivity contribution in [3.8, 4) is 0 Å². The van der Waals surface area contributed by atoms with Crippen LogP contribution >= 0.6 is 23.2 Å². The van der Waals surface area contributed by atoms with Gasteiger partial charge in [0.25, 0.3) is 0 Å². The lowest BCUT2D eigenvalue weighted by Crippen LogP contribution is -2.34. The van der Waals surface area contributed by atoms with Gasteiger partial charge in [-0.2, -0.15) is 5.10 Å². The molecule has 0 aliphatic heterocycles. The Morgan fingerprint density at radius 2 is 2.17 bits per heavy atom. The second-order valence-electron chi connectivity index (χ2n) is 6.22. The molecule has 0 bridgehead atoms. The van der Waals surface area contributed by atoms with Crippen LogP contribution in [0.1, 0.15) is 31.2 Å². The molecule has 1 aromatic carbocycles. The van der Waals surface area contributed by atoms with Gasteiger partial charge in [0.15, 0.2) is 0 Å². The van der Waals surface area contributed by atoms with E-state index in [1.54, 1.807) is 29.1 Å². The Hall–Kier alpha value is -1.56. The molecule has 0 saturated heterocycles. The van der Waals surface area contributed by atoms with Gasteiger partial charge in [0.2, 0.25) is 5.91 Å². The fourth-order valence-corrected chi connectivity index (χ4v) is 3.54. The minimum absolute atomic E-state index is 0.00843. The molecule has 3 rings (SSSR count). The largest absolute Gasteiger partial charge is 0.328 e. The van der Waals surface area contributed by atoms with E-state index < -0.39 is 0 Å². The van der Waals surface area contributed by atoms with Crippen LogP contribution in [0.5, 0.6) is 0 Å². The second-order valence-corrected chi connectivity index (χ2v) is 7.07. The van der Waals surface area contributed by atoms with Crippen molar-refractivity contribution in [3.63, 3.8) is 0 Å². The first kappa shape index (κ1) is 17.3. The molecule has 1 aliphatic rings. The minimum atomic E-state index is -0.0313. The Balaban J connectivity index is 1.70. The molecule has 1 amide bonds. The first-order valence-electron chi connectivity index (χ1n) is 8.05. The van der Waals surface area contributed by atoms with Gasteiger partial charge in [-0.25, -0.2) is 4.68 Å². The van der Waals surface area contributed by atoms with E-state index in [-0.39, 0.29) is 17.9 Å². The smallest absolute Gasteiger partial charge is 0.228 e. The Kier molecular flexibility index (Phi) is 5.43. The summed E-state index contributed by atoms with van der Waals surface area (Å²) >= 11 is 12.1. The van der Waals surface area contributed by atoms with Crippen molar-refractivity contribution in [2.75, 3.05) is 5.32 Å². The Morgan fingerprint density at radius 1 is 1.33 bits per heavy atom. The monoisotopic (exact) mass is 366 g/mol. The van der Waals surface area contributed by atoms with Crippen molar-refractivity contribution in [1.82, 2.24) is 9.78 Å². The average molecular weight is 367 g/mol. The maximum atomic E-state index is 12.5. The summed E-state index contributed by atoms with van der Waals surface area (Å²) in [4.78, 5) is 12.5. The van der Waals surface area contributed by atoms with Gasteiger partial charge in [-0.3, -0.25) is 4.79 Å². The average Bonchev–Trinajstić information content (AvgIpc) is 2.97. The molecular weight excluding hydrogens is 347 g/mol. The summed E-state index contributed by atoms with van der Waals surface area (Å²) in [5, 5.41) is 8.41. The van der Waals surface area contributed by atoms with Crippen molar-refractivity contribution in [1.29, 1.82) is 0 Å². The van der Waals surface area contributed by atoms with Crippen molar-refractivity contribution >= 4 is 34.9 Å². The minimum Gasteiger partial charge on any atom is -0.328 e. The SMILES string of the molecule is NC1CCCC(C(=O)Nc2ccnn2Cc2ccc(Cl)cc2Cl)C1. The van der Waals surface area contributed by atoms with Gasteiger partial charge in [0, 0.05) is 28.1 Å². The lowest BCUT2D eigenvalue weighted by molar-refractivity contribution is -0.120. The number of nitrogens with one attached hydrogen (secondary N) is 1. The Bertz CT molecular complexity index is 731. The summed E-state index contributed by atoms with van der Waals surface area (Å²) in [5.41, 5.74) is 6.86. The molecule has 1 fully saturated rings. The first-order valence-corrected chi connectivity index (χ1v) is 8.80. The summed E-state index contributed by atoms with van der Waals surface area (Å²) in [5.74, 6) is 0.635. The summed E-state index contributed by atoms with van der Waals surface area (Å²) in [6, 6.07) is 7.24. The van der Waals surface area contributed by atoms with Crippen LogP contribution in [0.15, 0.2) is 30.5 Å². The zero-order chi connectivity index (χ0) is 17.1. The highest BCUT2D eigenvalue weighted by molar-refractivity contribution is 6.35. The van der Waals surface area contributed by atoms with Crippen molar-refractivity contribution < 1.29 is 4.79 Å². The normalized spacial score (nSPS) is 20.8. The molecule has 0 spiro atoms. The lowest BCUT2D eigenvalue weighted by atomic mass is 9.85. The highest BCUT2D eigenvalue weighted by Crippen LogP contribution is 2.25. The quantitative estimate of drug-likeness (QED) is 0.866. The molecule has 24 heavy (non-hydrogen) atoms. The third-order valence-corrected chi connectivity index (χ3v) is 4.98. The summed E-state index contributed by atoms with van der Waals surface area (Å²) in [6.07, 6.45) is 5.28. The van der Waals surface area contributed by atoms with E-state index in [2.05, 4.69) is 10.4 Å². The number of rotatable bonds is 4.